The molecule has 1 aromatic heterocycles. The standard InChI is InChI=1S/C24H27N3O/c1-18-7-11-21(12-8-18)26-13-15-27(16-14-26)24(20-10-9-19(2)25-17-20)22-5-3-4-6-23(22)28/h3-12,17,24,28H,13-16H2,1-2H3. The Labute approximate surface area is 167 Å². The van der Waals surface area contributed by atoms with Crippen molar-refractivity contribution in [3.05, 3.63) is 89.2 Å². The zero-order chi connectivity index (χ0) is 19.5. The lowest BCUT2D eigenvalue weighted by Gasteiger charge is -2.40. The third kappa shape index (κ3) is 3.87. The third-order valence-corrected chi connectivity index (χ3v) is 5.56. The SMILES string of the molecule is Cc1ccc(N2CCN(C(c3ccc(C)nc3)c3ccccc3O)CC2)cc1. The van der Waals surface area contributed by atoms with Crippen molar-refractivity contribution in [2.45, 2.75) is 19.9 Å². The van der Waals surface area contributed by atoms with Crippen LogP contribution in [0.15, 0.2) is 66.9 Å². The average molecular weight is 374 g/mol. The fraction of sp³-hybridized carbons (Fsp3) is 0.292. The molecule has 3 aromatic rings. The van der Waals surface area contributed by atoms with Gasteiger partial charge in [0.2, 0.25) is 0 Å². The largest absolute Gasteiger partial charge is 0.508 e. The van der Waals surface area contributed by atoms with Gasteiger partial charge in [-0.05, 0) is 43.7 Å². The Morgan fingerprint density at radius 2 is 1.57 bits per heavy atom. The number of pyridine rings is 1. The Bertz CT molecular complexity index is 913. The summed E-state index contributed by atoms with van der Waals surface area (Å²) in [6.45, 7) is 7.91. The number of aryl methyl sites for hydroxylation is 2. The molecule has 1 N–H and O–H groups in total. The number of anilines is 1. The van der Waals surface area contributed by atoms with E-state index in [2.05, 4.69) is 52.0 Å². The van der Waals surface area contributed by atoms with Gasteiger partial charge in [0, 0.05) is 49.3 Å². The molecular weight excluding hydrogens is 346 g/mol. The van der Waals surface area contributed by atoms with Crippen LogP contribution in [0.3, 0.4) is 0 Å². The highest BCUT2D eigenvalue weighted by Gasteiger charge is 2.28. The number of aromatic hydroxyl groups is 1. The van der Waals surface area contributed by atoms with Crippen LogP contribution in [0.5, 0.6) is 5.75 Å². The second kappa shape index (κ2) is 8.03. The summed E-state index contributed by atoms with van der Waals surface area (Å²) >= 11 is 0. The summed E-state index contributed by atoms with van der Waals surface area (Å²) < 4.78 is 0. The van der Waals surface area contributed by atoms with Crippen molar-refractivity contribution >= 4 is 5.69 Å². The molecule has 28 heavy (non-hydrogen) atoms. The fourth-order valence-electron chi connectivity index (χ4n) is 3.94. The first-order chi connectivity index (χ1) is 13.6. The van der Waals surface area contributed by atoms with E-state index in [9.17, 15) is 5.11 Å². The van der Waals surface area contributed by atoms with E-state index in [4.69, 9.17) is 0 Å². The minimum absolute atomic E-state index is 0.00877. The highest BCUT2D eigenvalue weighted by Crippen LogP contribution is 2.35. The van der Waals surface area contributed by atoms with E-state index in [1.54, 1.807) is 6.07 Å². The van der Waals surface area contributed by atoms with E-state index in [1.165, 1.54) is 11.3 Å². The predicted octanol–water partition coefficient (Wildman–Crippen LogP) is 4.32. The van der Waals surface area contributed by atoms with E-state index in [0.29, 0.717) is 5.75 Å². The summed E-state index contributed by atoms with van der Waals surface area (Å²) in [5.74, 6) is 0.342. The molecule has 0 bridgehead atoms. The molecule has 4 nitrogen and oxygen atoms in total. The van der Waals surface area contributed by atoms with Gasteiger partial charge in [-0.1, -0.05) is 42.0 Å². The topological polar surface area (TPSA) is 39.6 Å². The van der Waals surface area contributed by atoms with Gasteiger partial charge in [0.05, 0.1) is 6.04 Å². The summed E-state index contributed by atoms with van der Waals surface area (Å²) in [6.07, 6.45) is 1.94. The Kier molecular flexibility index (Phi) is 5.31. The second-order valence-corrected chi connectivity index (χ2v) is 7.55. The number of nitrogens with zero attached hydrogens (tertiary/aromatic N) is 3. The van der Waals surface area contributed by atoms with Crippen molar-refractivity contribution in [2.24, 2.45) is 0 Å². The molecule has 1 aliphatic heterocycles. The van der Waals surface area contributed by atoms with E-state index >= 15 is 0 Å². The van der Waals surface area contributed by atoms with Crippen molar-refractivity contribution in [3.63, 3.8) is 0 Å². The van der Waals surface area contributed by atoms with Crippen LogP contribution in [0, 0.1) is 13.8 Å². The van der Waals surface area contributed by atoms with Gasteiger partial charge in [0.1, 0.15) is 5.75 Å². The number of piperazine rings is 1. The molecule has 0 saturated carbocycles. The van der Waals surface area contributed by atoms with E-state index in [1.807, 2.05) is 37.4 Å². The Balaban J connectivity index is 1.58. The number of phenolic OH excluding ortho intramolecular Hbond substituents is 1. The van der Waals surface area contributed by atoms with Gasteiger partial charge in [-0.25, -0.2) is 0 Å². The quantitative estimate of drug-likeness (QED) is 0.739. The molecule has 1 aliphatic rings. The van der Waals surface area contributed by atoms with Gasteiger partial charge in [0.15, 0.2) is 0 Å². The molecule has 2 heterocycles. The molecule has 0 radical (unpaired) electrons. The molecule has 1 unspecified atom stereocenters. The Morgan fingerprint density at radius 1 is 0.857 bits per heavy atom. The van der Waals surface area contributed by atoms with Crippen LogP contribution in [0.25, 0.3) is 0 Å². The number of rotatable bonds is 4. The second-order valence-electron chi connectivity index (χ2n) is 7.55. The number of hydrogen-bond acceptors (Lipinski definition) is 4. The summed E-state index contributed by atoms with van der Waals surface area (Å²) in [5, 5.41) is 10.5. The molecular formula is C24H27N3O. The minimum Gasteiger partial charge on any atom is -0.508 e. The maximum Gasteiger partial charge on any atom is 0.120 e. The maximum absolute atomic E-state index is 10.5. The van der Waals surface area contributed by atoms with Crippen molar-refractivity contribution in [2.75, 3.05) is 31.1 Å². The minimum atomic E-state index is 0.00877. The maximum atomic E-state index is 10.5. The summed E-state index contributed by atoms with van der Waals surface area (Å²) in [7, 11) is 0. The summed E-state index contributed by atoms with van der Waals surface area (Å²) in [6, 6.07) is 20.6. The van der Waals surface area contributed by atoms with Crippen LogP contribution < -0.4 is 4.90 Å². The van der Waals surface area contributed by atoms with Crippen molar-refractivity contribution in [1.29, 1.82) is 0 Å². The van der Waals surface area contributed by atoms with Crippen LogP contribution in [0.2, 0.25) is 0 Å². The fourth-order valence-corrected chi connectivity index (χ4v) is 3.94. The molecule has 1 atom stereocenters. The van der Waals surface area contributed by atoms with Gasteiger partial charge in [-0.15, -0.1) is 0 Å². The highest BCUT2D eigenvalue weighted by molar-refractivity contribution is 5.48. The predicted molar refractivity (Wildman–Crippen MR) is 114 cm³/mol. The van der Waals surface area contributed by atoms with Gasteiger partial charge < -0.3 is 10.0 Å². The molecule has 1 saturated heterocycles. The lowest BCUT2D eigenvalue weighted by molar-refractivity contribution is 0.209. The first-order valence-electron chi connectivity index (χ1n) is 9.88. The van der Waals surface area contributed by atoms with E-state index < -0.39 is 0 Å². The zero-order valence-corrected chi connectivity index (χ0v) is 16.5. The highest BCUT2D eigenvalue weighted by atomic mass is 16.3. The third-order valence-electron chi connectivity index (χ3n) is 5.56. The van der Waals surface area contributed by atoms with Crippen molar-refractivity contribution < 1.29 is 5.11 Å². The van der Waals surface area contributed by atoms with Crippen LogP contribution in [-0.2, 0) is 0 Å². The molecule has 0 amide bonds. The zero-order valence-electron chi connectivity index (χ0n) is 16.5. The van der Waals surface area contributed by atoms with Crippen LogP contribution in [0.1, 0.15) is 28.4 Å². The number of aromatic nitrogens is 1. The number of para-hydroxylation sites is 1. The number of benzene rings is 2. The molecule has 1 fully saturated rings. The first-order valence-corrected chi connectivity index (χ1v) is 9.88. The van der Waals surface area contributed by atoms with Gasteiger partial charge in [-0.3, -0.25) is 9.88 Å². The molecule has 4 heteroatoms. The first kappa shape index (κ1) is 18.5. The summed E-state index contributed by atoms with van der Waals surface area (Å²) in [4.78, 5) is 9.39. The van der Waals surface area contributed by atoms with Gasteiger partial charge in [0.25, 0.3) is 0 Å². The molecule has 0 aliphatic carbocycles. The smallest absolute Gasteiger partial charge is 0.120 e. The van der Waals surface area contributed by atoms with Gasteiger partial charge >= 0.3 is 0 Å². The summed E-state index contributed by atoms with van der Waals surface area (Å²) in [5.41, 5.74) is 5.63. The van der Waals surface area contributed by atoms with Crippen LogP contribution in [0.4, 0.5) is 5.69 Å². The van der Waals surface area contributed by atoms with Gasteiger partial charge in [-0.2, -0.15) is 0 Å². The Hall–Kier alpha value is -2.85. The lowest BCUT2D eigenvalue weighted by atomic mass is 9.96. The number of hydrogen-bond donors (Lipinski definition) is 1. The molecule has 4 rings (SSSR count). The monoisotopic (exact) mass is 373 g/mol. The van der Waals surface area contributed by atoms with E-state index in [-0.39, 0.29) is 6.04 Å². The van der Waals surface area contributed by atoms with Crippen molar-refractivity contribution in [1.82, 2.24) is 9.88 Å². The van der Waals surface area contributed by atoms with Crippen molar-refractivity contribution in [3.8, 4) is 5.75 Å². The number of phenols is 1. The Morgan fingerprint density at radius 3 is 2.21 bits per heavy atom. The molecule has 2 aromatic carbocycles. The normalized spacial score (nSPS) is 16.1. The van der Waals surface area contributed by atoms with Crippen LogP contribution in [-0.4, -0.2) is 41.2 Å². The molecule has 144 valence electrons. The average Bonchev–Trinajstić information content (AvgIpc) is 2.72. The molecule has 0 spiro atoms. The lowest BCUT2D eigenvalue weighted by Crippen LogP contribution is -2.48. The van der Waals surface area contributed by atoms with E-state index in [0.717, 1.165) is 43.0 Å². The van der Waals surface area contributed by atoms with Crippen LogP contribution >= 0.6 is 0 Å².